The Morgan fingerprint density at radius 3 is 3.00 bits per heavy atom. The van der Waals surface area contributed by atoms with Crippen LogP contribution in [0.25, 0.3) is 0 Å². The van der Waals surface area contributed by atoms with E-state index >= 15 is 0 Å². The van der Waals surface area contributed by atoms with Crippen molar-refractivity contribution in [2.45, 2.75) is 26.7 Å². The summed E-state index contributed by atoms with van der Waals surface area (Å²) in [5.74, 6) is 4.49. The van der Waals surface area contributed by atoms with Crippen molar-refractivity contribution >= 4 is 7.28 Å². The molecule has 0 spiro atoms. The van der Waals surface area contributed by atoms with Crippen molar-refractivity contribution < 1.29 is 0 Å². The molecule has 0 saturated carbocycles. The molecule has 0 atom stereocenters. The smallest absolute Gasteiger partial charge is 0.114 e. The Balaban J connectivity index is 2.52. The minimum Gasteiger partial charge on any atom is -0.114 e. The van der Waals surface area contributed by atoms with E-state index in [0.29, 0.717) is 0 Å². The van der Waals surface area contributed by atoms with Crippen LogP contribution in [-0.2, 0) is 0 Å². The van der Waals surface area contributed by atoms with E-state index in [0.717, 1.165) is 7.28 Å². The van der Waals surface area contributed by atoms with E-state index in [4.69, 9.17) is 0 Å². The molecule has 1 aliphatic heterocycles. The van der Waals surface area contributed by atoms with Gasteiger partial charge in [-0.2, -0.15) is 0 Å². The monoisotopic (exact) mass is 146 g/mol. The highest BCUT2D eigenvalue weighted by Crippen LogP contribution is 2.14. The van der Waals surface area contributed by atoms with E-state index in [9.17, 15) is 0 Å². The van der Waals surface area contributed by atoms with Gasteiger partial charge < -0.3 is 0 Å². The van der Waals surface area contributed by atoms with E-state index in [1.54, 1.807) is 0 Å². The summed E-state index contributed by atoms with van der Waals surface area (Å²) in [5, 5.41) is 0. The second-order valence-electron chi connectivity index (χ2n) is 2.97. The lowest BCUT2D eigenvalue weighted by Gasteiger charge is -1.98. The molecule has 1 rings (SSSR count). The fraction of sp³-hybridized carbons (Fsp3) is 0.400. The van der Waals surface area contributed by atoms with Gasteiger partial charge in [-0.3, -0.25) is 0 Å². The number of allylic oxidation sites excluding steroid dienone is 4. The van der Waals surface area contributed by atoms with Crippen LogP contribution in [0.4, 0.5) is 0 Å². The first-order valence-electron chi connectivity index (χ1n) is 4.38. The molecule has 1 heteroatoms. The average Bonchev–Trinajstić information content (AvgIpc) is 2.52. The summed E-state index contributed by atoms with van der Waals surface area (Å²) in [5.41, 5.74) is 2.85. The largest absolute Gasteiger partial charge is 0.174 e. The summed E-state index contributed by atoms with van der Waals surface area (Å²) >= 11 is 0. The molecular weight excluding hydrogens is 131 g/mol. The molecule has 1 aliphatic rings. The third-order valence-corrected chi connectivity index (χ3v) is 1.97. The maximum Gasteiger partial charge on any atom is 0.174 e. The maximum absolute atomic E-state index is 2.32. The van der Waals surface area contributed by atoms with E-state index < -0.39 is 0 Å². The molecule has 1 heterocycles. The van der Waals surface area contributed by atoms with E-state index in [2.05, 4.69) is 38.0 Å². The molecule has 0 saturated heterocycles. The predicted octanol–water partition coefficient (Wildman–Crippen LogP) is 2.58. The van der Waals surface area contributed by atoms with Gasteiger partial charge in [0.25, 0.3) is 0 Å². The Hall–Kier alpha value is -0.715. The zero-order valence-electron chi connectivity index (χ0n) is 7.43. The summed E-state index contributed by atoms with van der Waals surface area (Å²) in [6.45, 7) is 4.40. The zero-order valence-corrected chi connectivity index (χ0v) is 7.43. The number of hydrogen-bond donors (Lipinski definition) is 0. The highest BCUT2D eigenvalue weighted by Gasteiger charge is 1.98. The third-order valence-electron chi connectivity index (χ3n) is 1.97. The predicted molar refractivity (Wildman–Crippen MR) is 53.0 cm³/mol. The summed E-state index contributed by atoms with van der Waals surface area (Å²) in [4.78, 5) is 0. The van der Waals surface area contributed by atoms with Gasteiger partial charge in [-0.25, -0.2) is 0 Å². The molecule has 0 aliphatic carbocycles. The van der Waals surface area contributed by atoms with Crippen LogP contribution in [0.3, 0.4) is 0 Å². The third kappa shape index (κ3) is 2.41. The van der Waals surface area contributed by atoms with Crippen molar-refractivity contribution in [2.24, 2.45) is 0 Å². The molecule has 0 unspecified atom stereocenters. The SMILES string of the molecule is CCC/C=C(\C)C1=CBC=C1. The van der Waals surface area contributed by atoms with Crippen LogP contribution in [0.2, 0.25) is 0 Å². The van der Waals surface area contributed by atoms with Crippen LogP contribution in [0.15, 0.2) is 35.2 Å². The van der Waals surface area contributed by atoms with Gasteiger partial charge in [0, 0.05) is 0 Å². The van der Waals surface area contributed by atoms with Gasteiger partial charge in [0.05, 0.1) is 0 Å². The molecule has 0 fully saturated rings. The van der Waals surface area contributed by atoms with E-state index in [1.807, 2.05) is 0 Å². The second-order valence-corrected chi connectivity index (χ2v) is 2.97. The number of hydrogen-bond acceptors (Lipinski definition) is 0. The van der Waals surface area contributed by atoms with E-state index in [1.165, 1.54) is 24.0 Å². The Morgan fingerprint density at radius 1 is 1.64 bits per heavy atom. The van der Waals surface area contributed by atoms with Crippen molar-refractivity contribution in [1.82, 2.24) is 0 Å². The normalized spacial score (nSPS) is 16.5. The Morgan fingerprint density at radius 2 is 2.45 bits per heavy atom. The Bertz CT molecular complexity index is 209. The van der Waals surface area contributed by atoms with Gasteiger partial charge in [0.1, 0.15) is 0 Å². The number of unbranched alkanes of at least 4 members (excludes halogenated alkanes) is 1. The molecule has 0 aromatic heterocycles. The van der Waals surface area contributed by atoms with Gasteiger partial charge in [0.15, 0.2) is 7.28 Å². The van der Waals surface area contributed by atoms with Crippen LogP contribution < -0.4 is 0 Å². The molecule has 11 heavy (non-hydrogen) atoms. The molecule has 0 radical (unpaired) electrons. The first kappa shape index (κ1) is 8.38. The lowest BCUT2D eigenvalue weighted by molar-refractivity contribution is 0.951. The lowest BCUT2D eigenvalue weighted by atomic mass is 9.82. The highest BCUT2D eigenvalue weighted by molar-refractivity contribution is 6.50. The molecule has 0 N–H and O–H groups in total. The minimum atomic E-state index is 1.12. The average molecular weight is 146 g/mol. The first-order chi connectivity index (χ1) is 5.34. The Kier molecular flexibility index (Phi) is 3.22. The van der Waals surface area contributed by atoms with Gasteiger partial charge in [-0.05, 0) is 24.5 Å². The topological polar surface area (TPSA) is 0 Å². The summed E-state index contributed by atoms with van der Waals surface area (Å²) in [6, 6.07) is 0. The summed E-state index contributed by atoms with van der Waals surface area (Å²) in [7, 11) is 1.12. The maximum atomic E-state index is 2.32. The van der Waals surface area contributed by atoms with Crippen LogP contribution in [-0.4, -0.2) is 7.28 Å². The van der Waals surface area contributed by atoms with Crippen molar-refractivity contribution in [3.8, 4) is 0 Å². The van der Waals surface area contributed by atoms with Crippen LogP contribution >= 0.6 is 0 Å². The first-order valence-corrected chi connectivity index (χ1v) is 4.38. The van der Waals surface area contributed by atoms with Gasteiger partial charge in [0.2, 0.25) is 0 Å². The zero-order chi connectivity index (χ0) is 8.10. The van der Waals surface area contributed by atoms with Crippen molar-refractivity contribution in [2.75, 3.05) is 0 Å². The minimum absolute atomic E-state index is 1.12. The number of rotatable bonds is 3. The Labute approximate surface area is 69.9 Å². The van der Waals surface area contributed by atoms with E-state index in [-0.39, 0.29) is 0 Å². The quantitative estimate of drug-likeness (QED) is 0.536. The molecule has 0 aromatic rings. The van der Waals surface area contributed by atoms with Crippen molar-refractivity contribution in [3.63, 3.8) is 0 Å². The molecular formula is C10H15B. The fourth-order valence-electron chi connectivity index (χ4n) is 1.23. The lowest BCUT2D eigenvalue weighted by Crippen LogP contribution is -1.79. The van der Waals surface area contributed by atoms with Gasteiger partial charge in [-0.15, -0.1) is 12.0 Å². The van der Waals surface area contributed by atoms with Gasteiger partial charge >= 0.3 is 0 Å². The van der Waals surface area contributed by atoms with Crippen LogP contribution in [0, 0.1) is 0 Å². The molecule has 0 nitrogen and oxygen atoms in total. The molecule has 0 aromatic carbocycles. The standard InChI is InChI=1S/C10H15B/c1-3-4-5-9(2)10-6-7-11-8-10/h5-8,11H,3-4H2,1-2H3/b9-5+. The van der Waals surface area contributed by atoms with Crippen LogP contribution in [0.1, 0.15) is 26.7 Å². The summed E-state index contributed by atoms with van der Waals surface area (Å²) in [6.07, 6.45) is 6.98. The van der Waals surface area contributed by atoms with Gasteiger partial charge in [-0.1, -0.05) is 25.5 Å². The molecule has 0 amide bonds. The molecule has 0 bridgehead atoms. The fourth-order valence-corrected chi connectivity index (χ4v) is 1.23. The highest BCUT2D eigenvalue weighted by atomic mass is 14.0. The summed E-state index contributed by atoms with van der Waals surface area (Å²) < 4.78 is 0. The van der Waals surface area contributed by atoms with Crippen molar-refractivity contribution in [1.29, 1.82) is 0 Å². The van der Waals surface area contributed by atoms with Crippen LogP contribution in [0.5, 0.6) is 0 Å². The molecule has 58 valence electrons. The van der Waals surface area contributed by atoms with Crippen molar-refractivity contribution in [3.05, 3.63) is 35.2 Å². The second kappa shape index (κ2) is 4.22.